The highest BCUT2D eigenvalue weighted by Gasteiger charge is 2.40. The van der Waals surface area contributed by atoms with Crippen LogP contribution in [0.15, 0.2) is 90.0 Å². The van der Waals surface area contributed by atoms with Crippen LogP contribution in [0.1, 0.15) is 16.7 Å². The normalized spacial score (nSPS) is 11.8. The minimum Gasteiger partial charge on any atom is -0.372 e. The fourth-order valence-corrected chi connectivity index (χ4v) is 3.00. The maximum atomic E-state index is 12.9. The highest BCUT2D eigenvalue weighted by Crippen LogP contribution is 2.31. The topological polar surface area (TPSA) is 61.7 Å². The molecule has 0 bridgehead atoms. The van der Waals surface area contributed by atoms with E-state index in [0.29, 0.717) is 21.2 Å². The van der Waals surface area contributed by atoms with Crippen molar-refractivity contribution in [2.75, 3.05) is 0 Å². The van der Waals surface area contributed by atoms with Crippen LogP contribution in [0.2, 0.25) is 10.0 Å². The van der Waals surface area contributed by atoms with Crippen LogP contribution < -0.4 is 5.43 Å². The van der Waals surface area contributed by atoms with E-state index in [4.69, 9.17) is 23.2 Å². The molecule has 3 aromatic rings. The summed E-state index contributed by atoms with van der Waals surface area (Å²) in [7, 11) is 0. The van der Waals surface area contributed by atoms with Gasteiger partial charge >= 0.3 is 0 Å². The molecule has 0 unspecified atom stereocenters. The van der Waals surface area contributed by atoms with Gasteiger partial charge in [-0.2, -0.15) is 5.10 Å². The van der Waals surface area contributed by atoms with Crippen LogP contribution in [-0.2, 0) is 10.4 Å². The van der Waals surface area contributed by atoms with Gasteiger partial charge in [0.05, 0.1) is 0 Å². The van der Waals surface area contributed by atoms with Crippen LogP contribution >= 0.6 is 23.2 Å². The van der Waals surface area contributed by atoms with E-state index in [-0.39, 0.29) is 0 Å². The Morgan fingerprint density at radius 2 is 1.38 bits per heavy atom. The Kier molecular flexibility index (Phi) is 6.83. The monoisotopic (exact) mass is 424 g/mol. The largest absolute Gasteiger partial charge is 0.372 e. The predicted molar refractivity (Wildman–Crippen MR) is 118 cm³/mol. The first-order chi connectivity index (χ1) is 14.0. The van der Waals surface area contributed by atoms with Crippen LogP contribution in [0.4, 0.5) is 0 Å². The minimum absolute atomic E-state index is 0.358. The number of benzene rings is 3. The summed E-state index contributed by atoms with van der Waals surface area (Å²) in [5, 5.41) is 16.3. The lowest BCUT2D eigenvalue weighted by Gasteiger charge is -2.27. The molecule has 4 nitrogen and oxygen atoms in total. The quantitative estimate of drug-likeness (QED) is 0.429. The van der Waals surface area contributed by atoms with E-state index >= 15 is 0 Å². The standard InChI is InChI=1S/C23H18Cl2N2O2/c24-20-12-8-18(9-13-20)23(29,19-10-14-21(25)15-11-19)22(28)27-26-16-4-7-17-5-2-1-3-6-17/h1-16,29H,(H,27,28). The zero-order valence-electron chi connectivity index (χ0n) is 15.3. The highest BCUT2D eigenvalue weighted by atomic mass is 35.5. The lowest BCUT2D eigenvalue weighted by Crippen LogP contribution is -2.43. The third-order valence-electron chi connectivity index (χ3n) is 4.27. The number of hydrazone groups is 1. The summed E-state index contributed by atoms with van der Waals surface area (Å²) < 4.78 is 0. The van der Waals surface area contributed by atoms with Gasteiger partial charge in [0.25, 0.3) is 5.91 Å². The maximum Gasteiger partial charge on any atom is 0.281 e. The molecule has 0 spiro atoms. The molecule has 6 heteroatoms. The van der Waals surface area contributed by atoms with Crippen LogP contribution in [0.5, 0.6) is 0 Å². The van der Waals surface area contributed by atoms with Gasteiger partial charge in [-0.15, -0.1) is 0 Å². The number of carbonyl (C=O) groups excluding carboxylic acids is 1. The SMILES string of the molecule is O=C(NN=CC=Cc1ccccc1)C(O)(c1ccc(Cl)cc1)c1ccc(Cl)cc1. The smallest absolute Gasteiger partial charge is 0.281 e. The Balaban J connectivity index is 1.83. The van der Waals surface area contributed by atoms with Crippen LogP contribution in [0, 0.1) is 0 Å². The summed E-state index contributed by atoms with van der Waals surface area (Å²) in [6.45, 7) is 0. The molecule has 29 heavy (non-hydrogen) atoms. The summed E-state index contributed by atoms with van der Waals surface area (Å²) in [4.78, 5) is 12.9. The molecule has 0 aliphatic heterocycles. The van der Waals surface area contributed by atoms with Crippen molar-refractivity contribution >= 4 is 41.4 Å². The number of rotatable bonds is 6. The first-order valence-electron chi connectivity index (χ1n) is 8.80. The zero-order valence-corrected chi connectivity index (χ0v) is 16.8. The van der Waals surface area contributed by atoms with E-state index in [1.54, 1.807) is 54.6 Å². The molecule has 1 amide bonds. The van der Waals surface area contributed by atoms with Gasteiger partial charge in [0.2, 0.25) is 0 Å². The summed E-state index contributed by atoms with van der Waals surface area (Å²) in [6, 6.07) is 22.5. The van der Waals surface area contributed by atoms with Crippen molar-refractivity contribution in [2.24, 2.45) is 5.10 Å². The van der Waals surface area contributed by atoms with Crippen molar-refractivity contribution < 1.29 is 9.90 Å². The Morgan fingerprint density at radius 3 is 1.90 bits per heavy atom. The van der Waals surface area contributed by atoms with Gasteiger partial charge in [-0.3, -0.25) is 4.79 Å². The third-order valence-corrected chi connectivity index (χ3v) is 4.77. The zero-order chi connectivity index (χ0) is 20.7. The predicted octanol–water partition coefficient (Wildman–Crippen LogP) is 5.04. The Bertz CT molecular complexity index is 970. The van der Waals surface area contributed by atoms with E-state index in [2.05, 4.69) is 10.5 Å². The number of halogens is 2. The van der Waals surface area contributed by atoms with Crippen LogP contribution in [0.25, 0.3) is 6.08 Å². The first-order valence-corrected chi connectivity index (χ1v) is 9.55. The van der Waals surface area contributed by atoms with Crippen molar-refractivity contribution in [3.8, 4) is 0 Å². The summed E-state index contributed by atoms with van der Waals surface area (Å²) in [6.07, 6.45) is 4.98. The Hall–Kier alpha value is -2.92. The van der Waals surface area contributed by atoms with E-state index in [0.717, 1.165) is 5.56 Å². The lowest BCUT2D eigenvalue weighted by atomic mass is 9.85. The molecule has 0 fully saturated rings. The molecule has 0 saturated heterocycles. The number of nitrogens with zero attached hydrogens (tertiary/aromatic N) is 1. The minimum atomic E-state index is -1.96. The lowest BCUT2D eigenvalue weighted by molar-refractivity contribution is -0.136. The van der Waals surface area contributed by atoms with E-state index < -0.39 is 11.5 Å². The van der Waals surface area contributed by atoms with Gasteiger partial charge in [-0.25, -0.2) is 5.43 Å². The average Bonchev–Trinajstić information content (AvgIpc) is 2.74. The van der Waals surface area contributed by atoms with Crippen molar-refractivity contribution in [2.45, 2.75) is 5.60 Å². The second kappa shape index (κ2) is 9.52. The number of hydrogen-bond acceptors (Lipinski definition) is 3. The molecule has 0 saturated carbocycles. The molecule has 0 aliphatic rings. The molecule has 0 aliphatic carbocycles. The Labute approximate surface area is 179 Å². The number of aliphatic hydroxyl groups is 1. The molecule has 2 N–H and O–H groups in total. The Morgan fingerprint density at radius 1 is 0.862 bits per heavy atom. The molecule has 3 aromatic carbocycles. The number of hydrogen-bond donors (Lipinski definition) is 2. The molecular formula is C23H18Cl2N2O2. The van der Waals surface area contributed by atoms with E-state index in [1.165, 1.54) is 6.21 Å². The molecular weight excluding hydrogens is 407 g/mol. The molecule has 0 heterocycles. The van der Waals surface area contributed by atoms with Crippen LogP contribution in [-0.4, -0.2) is 17.2 Å². The first kappa shape index (κ1) is 20.8. The van der Waals surface area contributed by atoms with Crippen molar-refractivity contribution in [3.63, 3.8) is 0 Å². The van der Waals surface area contributed by atoms with Crippen molar-refractivity contribution in [1.82, 2.24) is 5.43 Å². The van der Waals surface area contributed by atoms with Crippen molar-refractivity contribution in [3.05, 3.63) is 112 Å². The number of nitrogens with one attached hydrogen (secondary N) is 1. The number of allylic oxidation sites excluding steroid dienone is 1. The van der Waals surface area contributed by atoms with Crippen molar-refractivity contribution in [1.29, 1.82) is 0 Å². The van der Waals surface area contributed by atoms with Gasteiger partial charge in [0.1, 0.15) is 0 Å². The second-order valence-corrected chi connectivity index (χ2v) is 7.09. The summed E-state index contributed by atoms with van der Waals surface area (Å²) in [5.74, 6) is -0.702. The molecule has 3 rings (SSSR count). The number of amides is 1. The van der Waals surface area contributed by atoms with E-state index in [9.17, 15) is 9.90 Å². The molecule has 0 radical (unpaired) electrons. The molecule has 146 valence electrons. The van der Waals surface area contributed by atoms with Gasteiger partial charge in [0, 0.05) is 16.3 Å². The third kappa shape index (κ3) is 5.12. The van der Waals surface area contributed by atoms with Crippen LogP contribution in [0.3, 0.4) is 0 Å². The molecule has 0 atom stereocenters. The average molecular weight is 425 g/mol. The van der Waals surface area contributed by atoms with Gasteiger partial charge in [0.15, 0.2) is 5.60 Å². The van der Waals surface area contributed by atoms with Gasteiger partial charge in [-0.05, 0) is 47.0 Å². The second-order valence-electron chi connectivity index (χ2n) is 6.21. The number of carbonyl (C=O) groups is 1. The van der Waals surface area contributed by atoms with Gasteiger partial charge in [-0.1, -0.05) is 83.9 Å². The summed E-state index contributed by atoms with van der Waals surface area (Å²) in [5.41, 5.74) is 2.16. The fraction of sp³-hybridized carbons (Fsp3) is 0.0435. The highest BCUT2D eigenvalue weighted by molar-refractivity contribution is 6.30. The fourth-order valence-electron chi connectivity index (χ4n) is 2.75. The van der Waals surface area contributed by atoms with E-state index in [1.807, 2.05) is 36.4 Å². The molecule has 0 aromatic heterocycles. The van der Waals surface area contributed by atoms with Gasteiger partial charge < -0.3 is 5.11 Å². The summed E-state index contributed by atoms with van der Waals surface area (Å²) >= 11 is 11.9. The maximum absolute atomic E-state index is 12.9.